The van der Waals surface area contributed by atoms with Crippen LogP contribution in [0.25, 0.3) is 10.9 Å². The number of nitrogens with two attached hydrogens (primary N) is 1. The molecule has 1 heterocycles. The summed E-state index contributed by atoms with van der Waals surface area (Å²) < 4.78 is 0. The van der Waals surface area contributed by atoms with Gasteiger partial charge in [0.15, 0.2) is 0 Å². The van der Waals surface area contributed by atoms with E-state index in [1.807, 2.05) is 30.3 Å². The average Bonchev–Trinajstić information content (AvgIpc) is 2.20. The molecule has 2 N–H and O–H groups in total. The number of halogens is 2. The molecule has 5 heteroatoms. The molecule has 0 bridgehead atoms. The van der Waals surface area contributed by atoms with Crippen molar-refractivity contribution in [2.24, 2.45) is 0 Å². The van der Waals surface area contributed by atoms with Crippen LogP contribution in [0.5, 0.6) is 0 Å². The molecule has 0 spiro atoms. The van der Waals surface area contributed by atoms with Crippen LogP contribution in [0.15, 0.2) is 36.5 Å². The van der Waals surface area contributed by atoms with Crippen molar-refractivity contribution < 1.29 is 13.1 Å². The summed E-state index contributed by atoms with van der Waals surface area (Å²) in [5, 5.41) is 1.09. The molecule has 2 rings (SSSR count). The molecular weight excluding hydrogens is 271 g/mol. The van der Waals surface area contributed by atoms with Gasteiger partial charge in [0.05, 0.1) is 11.2 Å². The van der Waals surface area contributed by atoms with Gasteiger partial charge in [0.2, 0.25) is 0 Å². The summed E-state index contributed by atoms with van der Waals surface area (Å²) in [4.78, 5) is 4.16. The first-order valence-corrected chi connectivity index (χ1v) is 6.29. The predicted molar refractivity (Wildman–Crippen MR) is 57.9 cm³/mol. The second-order valence-electron chi connectivity index (χ2n) is 2.47. The summed E-state index contributed by atoms with van der Waals surface area (Å²) in [5.41, 5.74) is 7.32. The zero-order chi connectivity index (χ0) is 10.4. The molecule has 0 aliphatic heterocycles. The number of fused-ring (bicyclic) bond motifs is 1. The number of nitrogens with zero attached hydrogens (tertiary/aromatic N) is 1. The van der Waals surface area contributed by atoms with Gasteiger partial charge in [-0.15, -0.1) is 0 Å². The van der Waals surface area contributed by atoms with Crippen molar-refractivity contribution in [1.82, 2.24) is 4.98 Å². The maximum atomic E-state index is 5.69. The van der Waals surface area contributed by atoms with Gasteiger partial charge in [-0.1, -0.05) is 18.2 Å². The van der Waals surface area contributed by atoms with Crippen molar-refractivity contribution in [1.29, 1.82) is 0 Å². The SMILES string of the molecule is Nc1cccc2cccnc12.[Cl][Cu][Cl]. The van der Waals surface area contributed by atoms with Gasteiger partial charge in [-0.2, -0.15) is 0 Å². The Bertz CT molecular complexity index is 403. The maximum absolute atomic E-state index is 5.69. The van der Waals surface area contributed by atoms with Gasteiger partial charge in [-0.05, 0) is 12.1 Å². The fraction of sp³-hybridized carbons (Fsp3) is 0. The zero-order valence-corrected chi connectivity index (χ0v) is 9.50. The van der Waals surface area contributed by atoms with Crippen molar-refractivity contribution in [3.8, 4) is 0 Å². The minimum absolute atomic E-state index is 0.739. The molecule has 0 amide bonds. The number of rotatable bonds is 0. The third-order valence-corrected chi connectivity index (χ3v) is 1.66. The molecule has 0 aliphatic carbocycles. The van der Waals surface area contributed by atoms with Crippen LogP contribution in [0.2, 0.25) is 0 Å². The minimum atomic E-state index is 0.739. The molecule has 0 saturated carbocycles. The van der Waals surface area contributed by atoms with Crippen molar-refractivity contribution in [3.63, 3.8) is 0 Å². The van der Waals surface area contributed by atoms with Gasteiger partial charge in [0.25, 0.3) is 0 Å². The predicted octanol–water partition coefficient (Wildman–Crippen LogP) is 3.19. The number of benzene rings is 1. The van der Waals surface area contributed by atoms with Crippen molar-refractivity contribution in [3.05, 3.63) is 36.5 Å². The van der Waals surface area contributed by atoms with Gasteiger partial charge in [0, 0.05) is 11.6 Å². The van der Waals surface area contributed by atoms with Gasteiger partial charge in [0.1, 0.15) is 0 Å². The van der Waals surface area contributed by atoms with E-state index in [1.165, 1.54) is 0 Å². The number of para-hydroxylation sites is 1. The first-order valence-electron chi connectivity index (χ1n) is 3.70. The van der Waals surface area contributed by atoms with Gasteiger partial charge >= 0.3 is 33.3 Å². The molecule has 0 fully saturated rings. The molecule has 2 aromatic rings. The normalized spacial score (nSPS) is 9.57. The molecule has 0 radical (unpaired) electrons. The molecule has 79 valence electrons. The summed E-state index contributed by atoms with van der Waals surface area (Å²) >= 11 is 0.757. The Labute approximate surface area is 97.0 Å². The van der Waals surface area contributed by atoms with E-state index in [4.69, 9.17) is 5.73 Å². The third kappa shape index (κ3) is 3.03. The Morgan fingerprint density at radius 2 is 1.79 bits per heavy atom. The van der Waals surface area contributed by atoms with E-state index in [-0.39, 0.29) is 0 Å². The molecule has 0 unspecified atom stereocenters. The van der Waals surface area contributed by atoms with Crippen LogP contribution in [0.3, 0.4) is 0 Å². The summed E-state index contributed by atoms with van der Waals surface area (Å²) in [5.74, 6) is 0. The van der Waals surface area contributed by atoms with E-state index >= 15 is 0 Å². The van der Waals surface area contributed by atoms with E-state index in [0.29, 0.717) is 0 Å². The third-order valence-electron chi connectivity index (χ3n) is 1.66. The fourth-order valence-corrected chi connectivity index (χ4v) is 1.13. The molecule has 0 aliphatic rings. The van der Waals surface area contributed by atoms with Gasteiger partial charge < -0.3 is 5.73 Å². The second-order valence-corrected chi connectivity index (χ2v) is 4.02. The first kappa shape index (κ1) is 11.6. The number of nitrogen functional groups attached to an aromatic ring is 1. The standard InChI is InChI=1S/C9H8N2.2ClH.Cu/c10-8-5-1-3-7-4-2-6-11-9(7)8;;;/h1-6H,10H2;2*1H;/q;;;+2/p-2. The van der Waals surface area contributed by atoms with E-state index < -0.39 is 0 Å². The molecule has 2 nitrogen and oxygen atoms in total. The van der Waals surface area contributed by atoms with Crippen LogP contribution in [0, 0.1) is 0 Å². The summed E-state index contributed by atoms with van der Waals surface area (Å²) in [6, 6.07) is 9.69. The number of hydrogen-bond donors (Lipinski definition) is 1. The Morgan fingerprint density at radius 3 is 2.43 bits per heavy atom. The van der Waals surface area contributed by atoms with Crippen molar-refractivity contribution in [2.75, 3.05) is 5.73 Å². The fourth-order valence-electron chi connectivity index (χ4n) is 1.13. The molecule has 14 heavy (non-hydrogen) atoms. The molecule has 0 atom stereocenters. The van der Waals surface area contributed by atoms with Crippen LogP contribution in [0.1, 0.15) is 0 Å². The van der Waals surface area contributed by atoms with Crippen LogP contribution in [-0.4, -0.2) is 4.98 Å². The van der Waals surface area contributed by atoms with Crippen molar-refractivity contribution in [2.45, 2.75) is 0 Å². The second kappa shape index (κ2) is 6.10. The number of pyridine rings is 1. The number of anilines is 1. The number of aromatic nitrogens is 1. The van der Waals surface area contributed by atoms with E-state index in [0.717, 1.165) is 29.7 Å². The van der Waals surface area contributed by atoms with E-state index in [2.05, 4.69) is 25.2 Å². The Hall–Kier alpha value is -0.471. The van der Waals surface area contributed by atoms with Gasteiger partial charge in [-0.25, -0.2) is 0 Å². The Balaban J connectivity index is 0.000000293. The van der Waals surface area contributed by atoms with Crippen LogP contribution < -0.4 is 5.73 Å². The van der Waals surface area contributed by atoms with Crippen LogP contribution in [-0.2, 0) is 13.1 Å². The van der Waals surface area contributed by atoms with Crippen molar-refractivity contribution >= 4 is 36.8 Å². The summed E-state index contributed by atoms with van der Waals surface area (Å²) in [7, 11) is 9.34. The zero-order valence-electron chi connectivity index (χ0n) is 7.05. The Kier molecular flexibility index (Phi) is 5.05. The van der Waals surface area contributed by atoms with E-state index in [9.17, 15) is 0 Å². The summed E-state index contributed by atoms with van der Waals surface area (Å²) in [6.45, 7) is 0. The Morgan fingerprint density at radius 1 is 1.14 bits per heavy atom. The molecule has 1 aromatic carbocycles. The topological polar surface area (TPSA) is 38.9 Å². The molecule has 0 saturated heterocycles. The average molecular weight is 279 g/mol. The van der Waals surface area contributed by atoms with Crippen LogP contribution >= 0.6 is 20.2 Å². The molecule has 1 aromatic heterocycles. The monoisotopic (exact) mass is 277 g/mol. The summed E-state index contributed by atoms with van der Waals surface area (Å²) in [6.07, 6.45) is 1.75. The molecular formula is C9H8Cl2CuN2. The number of hydrogen-bond acceptors (Lipinski definition) is 2. The van der Waals surface area contributed by atoms with Crippen LogP contribution in [0.4, 0.5) is 5.69 Å². The first-order chi connectivity index (χ1) is 6.79. The quantitative estimate of drug-likeness (QED) is 0.594. The van der Waals surface area contributed by atoms with Gasteiger partial charge in [-0.3, -0.25) is 4.98 Å². The van der Waals surface area contributed by atoms with E-state index in [1.54, 1.807) is 6.20 Å².